The van der Waals surface area contributed by atoms with Crippen molar-refractivity contribution in [2.45, 2.75) is 17.7 Å². The summed E-state index contributed by atoms with van der Waals surface area (Å²) in [6, 6.07) is 8.36. The molecule has 0 bridgehead atoms. The third-order valence-corrected chi connectivity index (χ3v) is 5.34. The van der Waals surface area contributed by atoms with Crippen molar-refractivity contribution in [1.29, 1.82) is 5.26 Å². The van der Waals surface area contributed by atoms with Gasteiger partial charge in [0.25, 0.3) is 0 Å². The number of hydrogen-bond donors (Lipinski definition) is 2. The summed E-state index contributed by atoms with van der Waals surface area (Å²) in [5.41, 5.74) is 4.82. The van der Waals surface area contributed by atoms with E-state index in [1.165, 1.54) is 0 Å². The van der Waals surface area contributed by atoms with E-state index in [0.717, 1.165) is 4.31 Å². The topological polar surface area (TPSA) is 124 Å². The van der Waals surface area contributed by atoms with Crippen LogP contribution in [-0.4, -0.2) is 42.4 Å². The van der Waals surface area contributed by atoms with E-state index in [1.807, 2.05) is 6.07 Å². The highest BCUT2D eigenvalue weighted by atomic mass is 32.2. The number of nitrogens with zero attached hydrogens (tertiary/aromatic N) is 2. The van der Waals surface area contributed by atoms with Gasteiger partial charge in [0.2, 0.25) is 10.0 Å². The van der Waals surface area contributed by atoms with E-state index >= 15 is 0 Å². The predicted octanol–water partition coefficient (Wildman–Crippen LogP) is -0.124. The lowest BCUT2D eigenvalue weighted by Gasteiger charge is -2.20. The smallest absolute Gasteiger partial charge is 0.325 e. The monoisotopic (exact) mass is 309 g/mol. The summed E-state index contributed by atoms with van der Waals surface area (Å²) in [7, 11) is -3.71. The number of carboxylic acid groups (broad SMARTS) is 1. The second-order valence-electron chi connectivity index (χ2n) is 5.07. The van der Waals surface area contributed by atoms with Crippen LogP contribution in [0.2, 0.25) is 0 Å². The van der Waals surface area contributed by atoms with Gasteiger partial charge in [0.1, 0.15) is 5.54 Å². The molecular weight excluding hydrogens is 294 g/mol. The molecule has 7 nitrogen and oxygen atoms in total. The molecule has 1 unspecified atom stereocenters. The van der Waals surface area contributed by atoms with Crippen LogP contribution in [0.5, 0.6) is 0 Å². The van der Waals surface area contributed by atoms with Gasteiger partial charge in [-0.2, -0.15) is 9.57 Å². The van der Waals surface area contributed by atoms with Crippen LogP contribution in [0.1, 0.15) is 17.5 Å². The number of nitrogens with two attached hydrogens (primary N) is 1. The molecule has 1 aromatic carbocycles. The first-order valence-electron chi connectivity index (χ1n) is 6.27. The lowest BCUT2D eigenvalue weighted by molar-refractivity contribution is -0.142. The number of rotatable bonds is 4. The number of hydrogen-bond acceptors (Lipinski definition) is 5. The standard InChI is InChI=1S/C13H15N3O4S/c14-7-10-3-1-2-4-11(10)8-21(19,20)16-6-5-13(15,9-16)12(17)18/h1-4H,5-6,8-9,15H2,(H,17,18). The molecular formula is C13H15N3O4S. The number of carboxylic acids is 1. The highest BCUT2D eigenvalue weighted by Gasteiger charge is 2.45. The molecule has 0 amide bonds. The first-order chi connectivity index (χ1) is 9.78. The minimum Gasteiger partial charge on any atom is -0.480 e. The van der Waals surface area contributed by atoms with E-state index in [-0.39, 0.29) is 30.8 Å². The van der Waals surface area contributed by atoms with E-state index in [4.69, 9.17) is 16.1 Å². The normalized spacial score (nSPS) is 22.9. The zero-order valence-corrected chi connectivity index (χ0v) is 12.0. The van der Waals surface area contributed by atoms with E-state index in [9.17, 15) is 13.2 Å². The lowest BCUT2D eigenvalue weighted by atomic mass is 10.0. The summed E-state index contributed by atoms with van der Waals surface area (Å²) < 4.78 is 25.8. The Morgan fingerprint density at radius 3 is 2.71 bits per heavy atom. The molecule has 1 heterocycles. The third-order valence-electron chi connectivity index (χ3n) is 3.56. The van der Waals surface area contributed by atoms with Crippen LogP contribution in [0.4, 0.5) is 0 Å². The zero-order valence-electron chi connectivity index (χ0n) is 11.2. The molecule has 1 aliphatic heterocycles. The summed E-state index contributed by atoms with van der Waals surface area (Å²) >= 11 is 0. The van der Waals surface area contributed by atoms with Crippen LogP contribution < -0.4 is 5.73 Å². The molecule has 1 aromatic rings. The first-order valence-corrected chi connectivity index (χ1v) is 7.87. The Kier molecular flexibility index (Phi) is 4.00. The van der Waals surface area contributed by atoms with Gasteiger partial charge in [-0.15, -0.1) is 0 Å². The highest BCUT2D eigenvalue weighted by Crippen LogP contribution is 2.24. The second kappa shape index (κ2) is 5.44. The molecule has 1 fully saturated rings. The van der Waals surface area contributed by atoms with Gasteiger partial charge >= 0.3 is 5.97 Å². The van der Waals surface area contributed by atoms with Crippen LogP contribution in [0.3, 0.4) is 0 Å². The van der Waals surface area contributed by atoms with Crippen molar-refractivity contribution < 1.29 is 18.3 Å². The molecule has 1 aliphatic rings. The molecule has 0 saturated carbocycles. The quantitative estimate of drug-likeness (QED) is 0.798. The van der Waals surface area contributed by atoms with E-state index in [1.54, 1.807) is 24.3 Å². The maximum absolute atomic E-state index is 12.3. The van der Waals surface area contributed by atoms with Gasteiger partial charge in [0.15, 0.2) is 0 Å². The number of nitriles is 1. The molecule has 8 heteroatoms. The average Bonchev–Trinajstić information content (AvgIpc) is 2.84. The SMILES string of the molecule is N#Cc1ccccc1CS(=O)(=O)N1CCC(N)(C(=O)O)C1. The number of benzene rings is 1. The molecule has 3 N–H and O–H groups in total. The fraction of sp³-hybridized carbons (Fsp3) is 0.385. The lowest BCUT2D eigenvalue weighted by Crippen LogP contribution is -2.50. The summed E-state index contributed by atoms with van der Waals surface area (Å²) in [6.07, 6.45) is 0.0709. The molecule has 0 aromatic heterocycles. The third kappa shape index (κ3) is 3.05. The predicted molar refractivity (Wildman–Crippen MR) is 74.5 cm³/mol. The molecule has 21 heavy (non-hydrogen) atoms. The fourth-order valence-electron chi connectivity index (χ4n) is 2.25. The van der Waals surface area contributed by atoms with Crippen molar-refractivity contribution in [3.05, 3.63) is 35.4 Å². The van der Waals surface area contributed by atoms with Gasteiger partial charge in [0, 0.05) is 13.1 Å². The van der Waals surface area contributed by atoms with Crippen molar-refractivity contribution in [2.75, 3.05) is 13.1 Å². The summed E-state index contributed by atoms with van der Waals surface area (Å²) in [4.78, 5) is 11.1. The van der Waals surface area contributed by atoms with Crippen LogP contribution in [-0.2, 0) is 20.6 Å². The first kappa shape index (κ1) is 15.4. The number of sulfonamides is 1. The van der Waals surface area contributed by atoms with Gasteiger partial charge in [-0.3, -0.25) is 4.79 Å². The Morgan fingerprint density at radius 1 is 1.48 bits per heavy atom. The van der Waals surface area contributed by atoms with Gasteiger partial charge in [-0.1, -0.05) is 18.2 Å². The highest BCUT2D eigenvalue weighted by molar-refractivity contribution is 7.88. The minimum atomic E-state index is -3.71. The Hall–Kier alpha value is -1.95. The van der Waals surface area contributed by atoms with E-state index < -0.39 is 21.5 Å². The summed E-state index contributed by atoms with van der Waals surface area (Å²) in [6.45, 7) is -0.181. The molecule has 0 radical (unpaired) electrons. The Labute approximate surface area is 122 Å². The maximum atomic E-state index is 12.3. The van der Waals surface area contributed by atoms with Crippen LogP contribution >= 0.6 is 0 Å². The van der Waals surface area contributed by atoms with Gasteiger partial charge in [-0.25, -0.2) is 8.42 Å². The molecule has 1 saturated heterocycles. The van der Waals surface area contributed by atoms with Crippen LogP contribution in [0.25, 0.3) is 0 Å². The van der Waals surface area contributed by atoms with Gasteiger partial charge in [-0.05, 0) is 18.1 Å². The van der Waals surface area contributed by atoms with Crippen molar-refractivity contribution >= 4 is 16.0 Å². The second-order valence-corrected chi connectivity index (χ2v) is 7.04. The van der Waals surface area contributed by atoms with Crippen molar-refractivity contribution in [3.8, 4) is 6.07 Å². The number of aliphatic carboxylic acids is 1. The minimum absolute atomic E-state index is 0.0693. The van der Waals surface area contributed by atoms with Crippen LogP contribution in [0, 0.1) is 11.3 Å². The molecule has 1 atom stereocenters. The zero-order chi connectivity index (χ0) is 15.7. The Balaban J connectivity index is 2.21. The maximum Gasteiger partial charge on any atom is 0.325 e. The molecule has 0 spiro atoms. The Morgan fingerprint density at radius 2 is 2.14 bits per heavy atom. The molecule has 0 aliphatic carbocycles. The van der Waals surface area contributed by atoms with Crippen LogP contribution in [0.15, 0.2) is 24.3 Å². The van der Waals surface area contributed by atoms with Gasteiger partial charge in [0.05, 0.1) is 17.4 Å². The number of carbonyl (C=O) groups is 1. The molecule has 112 valence electrons. The summed E-state index contributed by atoms with van der Waals surface area (Å²) in [5, 5.41) is 18.0. The Bertz CT molecular complexity index is 710. The van der Waals surface area contributed by atoms with Gasteiger partial charge < -0.3 is 10.8 Å². The van der Waals surface area contributed by atoms with Crippen molar-refractivity contribution in [3.63, 3.8) is 0 Å². The van der Waals surface area contributed by atoms with Crippen molar-refractivity contribution in [2.24, 2.45) is 5.73 Å². The average molecular weight is 309 g/mol. The van der Waals surface area contributed by atoms with E-state index in [0.29, 0.717) is 5.56 Å². The molecule has 2 rings (SSSR count). The largest absolute Gasteiger partial charge is 0.480 e. The summed E-state index contributed by atoms with van der Waals surface area (Å²) in [5.74, 6) is -1.55. The van der Waals surface area contributed by atoms with E-state index in [2.05, 4.69) is 0 Å². The fourth-order valence-corrected chi connectivity index (χ4v) is 3.88. The van der Waals surface area contributed by atoms with Crippen molar-refractivity contribution in [1.82, 2.24) is 4.31 Å².